The molecule has 20 heavy (non-hydrogen) atoms. The monoisotopic (exact) mass is 314 g/mol. The molecule has 0 N–H and O–H groups in total. The van der Waals surface area contributed by atoms with E-state index in [9.17, 15) is 4.39 Å². The predicted octanol–water partition coefficient (Wildman–Crippen LogP) is 4.41. The minimum absolute atomic E-state index is 0.193. The van der Waals surface area contributed by atoms with Gasteiger partial charge in [-0.2, -0.15) is 11.8 Å². The molecule has 1 aromatic carbocycles. The molecule has 0 aliphatic carbocycles. The van der Waals surface area contributed by atoms with Crippen molar-refractivity contribution in [1.82, 2.24) is 9.55 Å². The summed E-state index contributed by atoms with van der Waals surface area (Å²) in [5.74, 6) is 2.48. The van der Waals surface area contributed by atoms with Crippen molar-refractivity contribution >= 4 is 34.4 Å². The van der Waals surface area contributed by atoms with Crippen molar-refractivity contribution in [2.45, 2.75) is 32.7 Å². The Morgan fingerprint density at radius 3 is 2.85 bits per heavy atom. The third-order valence-electron chi connectivity index (χ3n) is 3.41. The van der Waals surface area contributed by atoms with Crippen molar-refractivity contribution in [2.24, 2.45) is 0 Å². The van der Waals surface area contributed by atoms with Gasteiger partial charge in [0.25, 0.3) is 0 Å². The Balaban J connectivity index is 2.32. The first-order valence-corrected chi connectivity index (χ1v) is 8.80. The Morgan fingerprint density at radius 1 is 1.35 bits per heavy atom. The number of benzene rings is 1. The maximum atomic E-state index is 13.6. The zero-order valence-electron chi connectivity index (χ0n) is 12.0. The molecule has 0 saturated carbocycles. The van der Waals surface area contributed by atoms with E-state index in [0.717, 1.165) is 36.2 Å². The van der Waals surface area contributed by atoms with Crippen molar-refractivity contribution in [2.75, 3.05) is 17.9 Å². The number of alkyl halides is 1. The molecule has 0 aliphatic rings. The highest BCUT2D eigenvalue weighted by atomic mass is 35.5. The highest BCUT2D eigenvalue weighted by Crippen LogP contribution is 2.21. The van der Waals surface area contributed by atoms with Crippen molar-refractivity contribution in [1.29, 1.82) is 0 Å². The Kier molecular flexibility index (Phi) is 5.73. The summed E-state index contributed by atoms with van der Waals surface area (Å²) in [7, 11) is 0. The molecule has 2 rings (SSSR count). The van der Waals surface area contributed by atoms with Gasteiger partial charge < -0.3 is 4.57 Å². The van der Waals surface area contributed by atoms with Crippen LogP contribution in [0.1, 0.15) is 24.2 Å². The molecule has 110 valence electrons. The summed E-state index contributed by atoms with van der Waals surface area (Å²) in [6, 6.07) is 3.42. The van der Waals surface area contributed by atoms with E-state index < -0.39 is 0 Å². The molecule has 0 atom stereocenters. The Morgan fingerprint density at radius 2 is 2.15 bits per heavy atom. The lowest BCUT2D eigenvalue weighted by Crippen LogP contribution is -2.05. The second kappa shape index (κ2) is 7.32. The fraction of sp³-hybridized carbons (Fsp3) is 0.533. The molecule has 5 heteroatoms. The SMILES string of the molecule is CSCCCCn1c(CCCl)nc2cc(F)c(C)cc21. The van der Waals surface area contributed by atoms with Crippen LogP contribution in [0.4, 0.5) is 4.39 Å². The lowest BCUT2D eigenvalue weighted by Gasteiger charge is -2.08. The third-order valence-corrected chi connectivity index (χ3v) is 4.29. The highest BCUT2D eigenvalue weighted by molar-refractivity contribution is 7.98. The minimum atomic E-state index is -0.193. The number of nitrogens with zero attached hydrogens (tertiary/aromatic N) is 2. The van der Waals surface area contributed by atoms with Crippen LogP contribution < -0.4 is 0 Å². The van der Waals surface area contributed by atoms with E-state index in [1.54, 1.807) is 6.92 Å². The zero-order valence-corrected chi connectivity index (χ0v) is 13.5. The number of fused-ring (bicyclic) bond motifs is 1. The molecule has 0 spiro atoms. The van der Waals surface area contributed by atoms with Gasteiger partial charge in [0.05, 0.1) is 11.0 Å². The maximum absolute atomic E-state index is 13.6. The van der Waals surface area contributed by atoms with E-state index in [1.165, 1.54) is 18.2 Å². The number of thioether (sulfide) groups is 1. The van der Waals surface area contributed by atoms with Crippen LogP contribution in [-0.2, 0) is 13.0 Å². The summed E-state index contributed by atoms with van der Waals surface area (Å²) in [4.78, 5) is 4.54. The summed E-state index contributed by atoms with van der Waals surface area (Å²) in [5, 5.41) is 0. The van der Waals surface area contributed by atoms with Crippen molar-refractivity contribution in [3.8, 4) is 0 Å². The molecular weight excluding hydrogens is 295 g/mol. The number of aryl methyl sites for hydroxylation is 3. The molecule has 1 heterocycles. The molecular formula is C15H20ClFN2S. The molecule has 2 aromatic rings. The van der Waals surface area contributed by atoms with E-state index in [-0.39, 0.29) is 5.82 Å². The smallest absolute Gasteiger partial charge is 0.128 e. The minimum Gasteiger partial charge on any atom is -0.328 e. The van der Waals surface area contributed by atoms with Crippen LogP contribution in [0.25, 0.3) is 11.0 Å². The first kappa shape index (κ1) is 15.6. The summed E-state index contributed by atoms with van der Waals surface area (Å²) in [6.07, 6.45) is 5.14. The molecule has 0 saturated heterocycles. The fourth-order valence-electron chi connectivity index (χ4n) is 2.34. The van der Waals surface area contributed by atoms with Gasteiger partial charge in [-0.1, -0.05) is 0 Å². The Hall–Kier alpha value is -0.740. The predicted molar refractivity (Wildman–Crippen MR) is 86.5 cm³/mol. The van der Waals surface area contributed by atoms with Crippen molar-refractivity contribution in [3.63, 3.8) is 0 Å². The first-order chi connectivity index (χ1) is 9.67. The van der Waals surface area contributed by atoms with E-state index >= 15 is 0 Å². The van der Waals surface area contributed by atoms with Gasteiger partial charge in [-0.15, -0.1) is 11.6 Å². The number of imidazole rings is 1. The fourth-order valence-corrected chi connectivity index (χ4v) is 3.00. The van der Waals surface area contributed by atoms with Gasteiger partial charge in [-0.05, 0) is 43.4 Å². The molecule has 0 unspecified atom stereocenters. The van der Waals surface area contributed by atoms with Crippen LogP contribution >= 0.6 is 23.4 Å². The van der Waals surface area contributed by atoms with Crippen molar-refractivity contribution in [3.05, 3.63) is 29.3 Å². The standard InChI is InChI=1S/C15H20ClFN2S/c1-11-9-14-13(10-12(11)17)18-15(5-6-16)19(14)7-3-4-8-20-2/h9-10H,3-8H2,1-2H3. The zero-order chi connectivity index (χ0) is 14.5. The van der Waals surface area contributed by atoms with Crippen LogP contribution in [0.2, 0.25) is 0 Å². The van der Waals surface area contributed by atoms with Gasteiger partial charge in [0.2, 0.25) is 0 Å². The van der Waals surface area contributed by atoms with Crippen LogP contribution in [0.5, 0.6) is 0 Å². The van der Waals surface area contributed by atoms with Crippen LogP contribution in [0.3, 0.4) is 0 Å². The van der Waals surface area contributed by atoms with Gasteiger partial charge in [-0.25, -0.2) is 9.37 Å². The highest BCUT2D eigenvalue weighted by Gasteiger charge is 2.12. The molecule has 2 nitrogen and oxygen atoms in total. The number of halogens is 2. The van der Waals surface area contributed by atoms with Crippen LogP contribution in [0.15, 0.2) is 12.1 Å². The largest absolute Gasteiger partial charge is 0.328 e. The molecule has 1 aromatic heterocycles. The summed E-state index contributed by atoms with van der Waals surface area (Å²) >= 11 is 7.72. The lowest BCUT2D eigenvalue weighted by molar-refractivity contribution is 0.616. The lowest BCUT2D eigenvalue weighted by atomic mass is 10.2. The second-order valence-electron chi connectivity index (χ2n) is 4.91. The van der Waals surface area contributed by atoms with Gasteiger partial charge in [-0.3, -0.25) is 0 Å². The normalized spacial score (nSPS) is 11.4. The average Bonchev–Trinajstić information content (AvgIpc) is 2.73. The molecule has 0 fully saturated rings. The number of hydrogen-bond donors (Lipinski definition) is 0. The number of rotatable bonds is 7. The average molecular weight is 315 g/mol. The molecule has 0 aliphatic heterocycles. The van der Waals surface area contributed by atoms with Gasteiger partial charge in [0, 0.05) is 24.9 Å². The Labute approximate surface area is 128 Å². The van der Waals surface area contributed by atoms with Crippen LogP contribution in [0, 0.1) is 12.7 Å². The third kappa shape index (κ3) is 3.47. The van der Waals surface area contributed by atoms with Crippen LogP contribution in [-0.4, -0.2) is 27.4 Å². The Bertz CT molecular complexity index is 583. The number of unbranched alkanes of at least 4 members (excludes halogenated alkanes) is 1. The van der Waals surface area contributed by atoms with Gasteiger partial charge in [0.15, 0.2) is 0 Å². The molecule has 0 amide bonds. The van der Waals surface area contributed by atoms with E-state index in [2.05, 4.69) is 15.8 Å². The second-order valence-corrected chi connectivity index (χ2v) is 6.27. The maximum Gasteiger partial charge on any atom is 0.128 e. The topological polar surface area (TPSA) is 17.8 Å². The van der Waals surface area contributed by atoms with E-state index in [0.29, 0.717) is 11.4 Å². The summed E-state index contributed by atoms with van der Waals surface area (Å²) < 4.78 is 15.8. The van der Waals surface area contributed by atoms with E-state index in [4.69, 9.17) is 11.6 Å². The summed E-state index contributed by atoms with van der Waals surface area (Å²) in [6.45, 7) is 2.72. The van der Waals surface area contributed by atoms with Crippen molar-refractivity contribution < 1.29 is 4.39 Å². The molecule has 0 bridgehead atoms. The van der Waals surface area contributed by atoms with Gasteiger partial charge >= 0.3 is 0 Å². The quantitative estimate of drug-likeness (QED) is 0.556. The number of aromatic nitrogens is 2. The summed E-state index contributed by atoms with van der Waals surface area (Å²) in [5.41, 5.74) is 2.42. The van der Waals surface area contributed by atoms with Gasteiger partial charge in [0.1, 0.15) is 11.6 Å². The number of hydrogen-bond acceptors (Lipinski definition) is 2. The van der Waals surface area contributed by atoms with E-state index in [1.807, 2.05) is 17.8 Å². The molecule has 0 radical (unpaired) electrons. The first-order valence-electron chi connectivity index (χ1n) is 6.87.